The zero-order valence-electron chi connectivity index (χ0n) is 24.7. The molecule has 44 heavy (non-hydrogen) atoms. The Hall–Kier alpha value is -4.15. The van der Waals surface area contributed by atoms with E-state index in [0.29, 0.717) is 45.9 Å². The molecule has 4 aromatic rings. The van der Waals surface area contributed by atoms with E-state index in [1.807, 2.05) is 67.6 Å². The van der Waals surface area contributed by atoms with Gasteiger partial charge in [-0.25, -0.2) is 0 Å². The van der Waals surface area contributed by atoms with Gasteiger partial charge in [0.1, 0.15) is 23.4 Å². The molecule has 1 N–H and O–H groups in total. The van der Waals surface area contributed by atoms with Gasteiger partial charge in [0.05, 0.1) is 18.2 Å². The topological polar surface area (TPSA) is 102 Å². The molecule has 2 aliphatic rings. The number of hydrogen-bond donors (Lipinski definition) is 1. The Morgan fingerprint density at radius 3 is 2.70 bits per heavy atom. The third-order valence-electron chi connectivity index (χ3n) is 7.56. The van der Waals surface area contributed by atoms with Crippen LogP contribution in [0.25, 0.3) is 5.76 Å². The van der Waals surface area contributed by atoms with Gasteiger partial charge in [-0.2, -0.15) is 0 Å². The Bertz CT molecular complexity index is 1720. The minimum atomic E-state index is -0.924. The normalized spacial score (nSPS) is 19.0. The highest BCUT2D eigenvalue weighted by atomic mass is 32.2. The molecule has 2 atom stereocenters. The van der Waals surface area contributed by atoms with Crippen LogP contribution in [-0.2, 0) is 21.8 Å². The van der Waals surface area contributed by atoms with E-state index >= 15 is 0 Å². The number of fused-ring (bicyclic) bond motifs is 1. The molecular formula is C34H33N3O5S2. The Morgan fingerprint density at radius 1 is 1.09 bits per heavy atom. The number of benzene rings is 3. The van der Waals surface area contributed by atoms with E-state index in [1.54, 1.807) is 12.1 Å². The predicted octanol–water partition coefficient (Wildman–Crippen LogP) is 7.21. The van der Waals surface area contributed by atoms with Crippen molar-refractivity contribution in [3.63, 3.8) is 0 Å². The van der Waals surface area contributed by atoms with Crippen LogP contribution in [0.1, 0.15) is 55.5 Å². The number of aromatic nitrogens is 2. The third-order valence-corrected chi connectivity index (χ3v) is 9.69. The van der Waals surface area contributed by atoms with E-state index in [4.69, 9.17) is 9.47 Å². The lowest BCUT2D eigenvalue weighted by atomic mass is 9.94. The van der Waals surface area contributed by atoms with Crippen molar-refractivity contribution < 1.29 is 24.2 Å². The first-order valence-electron chi connectivity index (χ1n) is 14.6. The van der Waals surface area contributed by atoms with Gasteiger partial charge in [-0.05, 0) is 66.3 Å². The van der Waals surface area contributed by atoms with Crippen LogP contribution in [0.2, 0.25) is 0 Å². The number of rotatable bonds is 10. The molecule has 6 rings (SSSR count). The maximum atomic E-state index is 13.7. The second-order valence-corrected chi connectivity index (χ2v) is 13.5. The summed E-state index contributed by atoms with van der Waals surface area (Å²) in [6.07, 6.45) is 1.60. The van der Waals surface area contributed by atoms with Crippen molar-refractivity contribution in [2.75, 3.05) is 11.5 Å². The van der Waals surface area contributed by atoms with Crippen LogP contribution in [0.5, 0.6) is 11.5 Å². The van der Waals surface area contributed by atoms with E-state index in [1.165, 1.54) is 28.0 Å². The minimum absolute atomic E-state index is 0.00469. The number of aliphatic hydroxyl groups excluding tert-OH is 1. The number of ketones is 1. The molecule has 1 aromatic heterocycles. The molecule has 0 unspecified atom stereocenters. The van der Waals surface area contributed by atoms with Crippen LogP contribution in [0, 0.1) is 5.92 Å². The molecule has 226 valence electrons. The van der Waals surface area contributed by atoms with Crippen LogP contribution in [0.3, 0.4) is 0 Å². The molecule has 10 heteroatoms. The zero-order chi connectivity index (χ0) is 30.8. The molecule has 0 aliphatic carbocycles. The summed E-state index contributed by atoms with van der Waals surface area (Å²) >= 11 is 2.75. The van der Waals surface area contributed by atoms with Gasteiger partial charge in [0.25, 0.3) is 5.78 Å². The standard InChI is InChI=1S/C34H33N3O5S2/c1-20(2)14-15-41-26-11-7-10-23(18-26)29-28(30(38)24-12-13-27-25(17-24)16-21(3)42-27)31(39)32(40)37(29)33-35-36-34(44-33)43-19-22-8-5-4-6-9-22/h4-13,17-18,20-21,29,38H,14-16,19H2,1-3H3/b30-28+/t21-,29+/m1/s1. The molecular weight excluding hydrogens is 595 g/mol. The average Bonchev–Trinajstić information content (AvgIpc) is 3.71. The van der Waals surface area contributed by atoms with Crippen LogP contribution in [-0.4, -0.2) is 39.7 Å². The maximum Gasteiger partial charge on any atom is 0.301 e. The van der Waals surface area contributed by atoms with Gasteiger partial charge in [-0.15, -0.1) is 10.2 Å². The van der Waals surface area contributed by atoms with Crippen molar-refractivity contribution in [2.24, 2.45) is 5.92 Å². The van der Waals surface area contributed by atoms with E-state index in [0.717, 1.165) is 23.3 Å². The molecule has 3 aromatic carbocycles. The number of Topliss-reactive ketones (excluding diaryl/α,β-unsaturated/α-hetero) is 1. The summed E-state index contributed by atoms with van der Waals surface area (Å²) in [5.41, 5.74) is 3.15. The maximum absolute atomic E-state index is 13.7. The number of hydrogen-bond acceptors (Lipinski definition) is 9. The summed E-state index contributed by atoms with van der Waals surface area (Å²) in [6.45, 7) is 6.78. The molecule has 0 radical (unpaired) electrons. The molecule has 1 saturated heterocycles. The van der Waals surface area contributed by atoms with Gasteiger partial charge in [0, 0.05) is 17.7 Å². The number of aliphatic hydroxyl groups is 1. The highest BCUT2D eigenvalue weighted by Gasteiger charge is 2.48. The number of thioether (sulfide) groups is 1. The second kappa shape index (κ2) is 12.8. The molecule has 0 spiro atoms. The number of ether oxygens (including phenoxy) is 2. The minimum Gasteiger partial charge on any atom is -0.507 e. The van der Waals surface area contributed by atoms with Crippen LogP contribution < -0.4 is 14.4 Å². The van der Waals surface area contributed by atoms with Crippen molar-refractivity contribution in [1.82, 2.24) is 10.2 Å². The molecule has 2 aliphatic heterocycles. The first-order valence-corrected chi connectivity index (χ1v) is 16.4. The molecule has 0 saturated carbocycles. The molecule has 1 fully saturated rings. The van der Waals surface area contributed by atoms with E-state index in [-0.39, 0.29) is 22.6 Å². The summed E-state index contributed by atoms with van der Waals surface area (Å²) in [7, 11) is 0. The van der Waals surface area contributed by atoms with Crippen molar-refractivity contribution in [1.29, 1.82) is 0 Å². The Kier molecular flexibility index (Phi) is 8.72. The second-order valence-electron chi connectivity index (χ2n) is 11.4. The Labute approximate surface area is 264 Å². The third kappa shape index (κ3) is 6.23. The largest absolute Gasteiger partial charge is 0.507 e. The monoisotopic (exact) mass is 627 g/mol. The van der Waals surface area contributed by atoms with Gasteiger partial charge in [-0.3, -0.25) is 14.5 Å². The first kappa shape index (κ1) is 29.9. The lowest BCUT2D eigenvalue weighted by Gasteiger charge is -2.23. The highest BCUT2D eigenvalue weighted by Crippen LogP contribution is 2.45. The SMILES string of the molecule is CC(C)CCOc1cccc([C@H]2/C(=C(\O)c3ccc4c(c3)C[C@@H](C)O4)C(=O)C(=O)N2c2nnc(SCc3ccccc3)s2)c1. The van der Waals surface area contributed by atoms with Crippen LogP contribution >= 0.6 is 23.1 Å². The fraction of sp³-hybridized carbons (Fsp3) is 0.294. The van der Waals surface area contributed by atoms with Crippen molar-refractivity contribution in [3.05, 3.63) is 101 Å². The average molecular weight is 628 g/mol. The summed E-state index contributed by atoms with van der Waals surface area (Å²) in [5.74, 6) is 0.757. The first-order chi connectivity index (χ1) is 21.3. The van der Waals surface area contributed by atoms with Gasteiger partial charge >= 0.3 is 5.91 Å². The molecule has 0 bridgehead atoms. The van der Waals surface area contributed by atoms with Gasteiger partial charge < -0.3 is 14.6 Å². The van der Waals surface area contributed by atoms with E-state index in [2.05, 4.69) is 24.0 Å². The van der Waals surface area contributed by atoms with Gasteiger partial charge in [0.15, 0.2) is 4.34 Å². The molecule has 8 nitrogen and oxygen atoms in total. The van der Waals surface area contributed by atoms with E-state index < -0.39 is 17.7 Å². The van der Waals surface area contributed by atoms with Crippen molar-refractivity contribution >= 4 is 45.7 Å². The summed E-state index contributed by atoms with van der Waals surface area (Å²) in [5, 5.41) is 20.6. The molecule has 3 heterocycles. The lowest BCUT2D eigenvalue weighted by molar-refractivity contribution is -0.132. The Morgan fingerprint density at radius 2 is 1.91 bits per heavy atom. The van der Waals surface area contributed by atoms with Crippen LogP contribution in [0.15, 0.2) is 82.7 Å². The fourth-order valence-electron chi connectivity index (χ4n) is 5.33. The number of anilines is 1. The number of nitrogens with zero attached hydrogens (tertiary/aromatic N) is 3. The number of amides is 1. The predicted molar refractivity (Wildman–Crippen MR) is 172 cm³/mol. The highest BCUT2D eigenvalue weighted by molar-refractivity contribution is 8.00. The number of carbonyl (C=O) groups excluding carboxylic acids is 2. The Balaban J connectivity index is 1.38. The molecule has 1 amide bonds. The lowest BCUT2D eigenvalue weighted by Crippen LogP contribution is -2.29. The van der Waals surface area contributed by atoms with Crippen molar-refractivity contribution in [2.45, 2.75) is 55.9 Å². The smallest absolute Gasteiger partial charge is 0.301 e. The quantitative estimate of drug-likeness (QED) is 0.0647. The van der Waals surface area contributed by atoms with E-state index in [9.17, 15) is 14.7 Å². The van der Waals surface area contributed by atoms with Gasteiger partial charge in [0.2, 0.25) is 5.13 Å². The fourth-order valence-corrected chi connectivity index (χ4v) is 7.16. The summed E-state index contributed by atoms with van der Waals surface area (Å²) in [6, 6.07) is 21.7. The number of carbonyl (C=O) groups is 2. The summed E-state index contributed by atoms with van der Waals surface area (Å²) < 4.78 is 12.5. The van der Waals surface area contributed by atoms with Gasteiger partial charge in [-0.1, -0.05) is 79.4 Å². The van der Waals surface area contributed by atoms with Crippen LogP contribution in [0.4, 0.5) is 5.13 Å². The van der Waals surface area contributed by atoms with Crippen molar-refractivity contribution in [3.8, 4) is 11.5 Å². The zero-order valence-corrected chi connectivity index (χ0v) is 26.4. The summed E-state index contributed by atoms with van der Waals surface area (Å²) in [4.78, 5) is 28.8.